The Morgan fingerprint density at radius 1 is 1.13 bits per heavy atom. The van der Waals surface area contributed by atoms with Gasteiger partial charge in [-0.3, -0.25) is 19.2 Å². The molecule has 0 bridgehead atoms. The first-order valence-electron chi connectivity index (χ1n) is 15.7. The molecule has 1 saturated heterocycles. The predicted molar refractivity (Wildman–Crippen MR) is 166 cm³/mol. The maximum atomic E-state index is 13.0. The molecule has 10 unspecified atom stereocenters. The zero-order valence-corrected chi connectivity index (χ0v) is 28.1. The van der Waals surface area contributed by atoms with Crippen LogP contribution in [0.4, 0.5) is 0 Å². The van der Waals surface area contributed by atoms with Crippen molar-refractivity contribution in [2.45, 2.75) is 142 Å². The van der Waals surface area contributed by atoms with Crippen LogP contribution in [-0.4, -0.2) is 81.9 Å². The van der Waals surface area contributed by atoms with Crippen LogP contribution in [0.15, 0.2) is 36.0 Å². The first-order valence-corrected chi connectivity index (χ1v) is 15.7. The van der Waals surface area contributed by atoms with Gasteiger partial charge in [0.05, 0.1) is 24.2 Å². The lowest BCUT2D eigenvalue weighted by Gasteiger charge is -2.33. The van der Waals surface area contributed by atoms with Gasteiger partial charge in [0.25, 0.3) is 0 Å². The number of hydrogen-bond acceptors (Lipinski definition) is 11. The molecule has 254 valence electrons. The quantitative estimate of drug-likeness (QED) is 0.110. The van der Waals surface area contributed by atoms with Crippen LogP contribution in [0.5, 0.6) is 0 Å². The zero-order chi connectivity index (χ0) is 34.1. The monoisotopic (exact) mass is 636 g/mol. The molecule has 2 rings (SSSR count). The Bertz CT molecular complexity index is 1130. The van der Waals surface area contributed by atoms with Gasteiger partial charge in [-0.2, -0.15) is 0 Å². The van der Waals surface area contributed by atoms with E-state index in [1.165, 1.54) is 27.7 Å². The smallest absolute Gasteiger partial charge is 0.310 e. The topological polar surface area (TPSA) is 158 Å². The number of carbonyl (C=O) groups excluding carboxylic acids is 4. The Hall–Kier alpha value is -3.02. The van der Waals surface area contributed by atoms with Gasteiger partial charge in [-0.25, -0.2) is 0 Å². The molecule has 0 aromatic carbocycles. The molecule has 11 nitrogen and oxygen atoms in total. The number of carbonyl (C=O) groups is 4. The second kappa shape index (κ2) is 16.5. The minimum Gasteiger partial charge on any atom is -0.462 e. The van der Waals surface area contributed by atoms with Crippen LogP contribution < -0.4 is 0 Å². The Balaban J connectivity index is 2.23. The molecule has 0 aliphatic carbocycles. The van der Waals surface area contributed by atoms with Gasteiger partial charge in [0.1, 0.15) is 30.0 Å². The van der Waals surface area contributed by atoms with Crippen molar-refractivity contribution in [3.8, 4) is 0 Å². The molecule has 2 aliphatic rings. The number of cyclic esters (lactones) is 1. The summed E-state index contributed by atoms with van der Waals surface area (Å²) in [5, 5.41) is 22.2. The van der Waals surface area contributed by atoms with Crippen molar-refractivity contribution in [1.29, 1.82) is 0 Å². The van der Waals surface area contributed by atoms with Crippen molar-refractivity contribution in [3.63, 3.8) is 0 Å². The molecule has 2 aliphatic heterocycles. The lowest BCUT2D eigenvalue weighted by molar-refractivity contribution is -0.160. The number of rotatable bonds is 11. The highest BCUT2D eigenvalue weighted by atomic mass is 16.6. The summed E-state index contributed by atoms with van der Waals surface area (Å²) in [5.74, 6) is -2.45. The van der Waals surface area contributed by atoms with E-state index in [2.05, 4.69) is 0 Å². The van der Waals surface area contributed by atoms with E-state index in [-0.39, 0.29) is 49.5 Å². The van der Waals surface area contributed by atoms with Crippen LogP contribution >= 0.6 is 0 Å². The van der Waals surface area contributed by atoms with Gasteiger partial charge in [-0.05, 0) is 51.7 Å². The summed E-state index contributed by atoms with van der Waals surface area (Å²) in [4.78, 5) is 48.0. The second-order valence-electron chi connectivity index (χ2n) is 12.9. The van der Waals surface area contributed by atoms with Gasteiger partial charge in [0.15, 0.2) is 0 Å². The molecule has 10 atom stereocenters. The first-order chi connectivity index (χ1) is 20.8. The van der Waals surface area contributed by atoms with Gasteiger partial charge in [0, 0.05) is 39.0 Å². The molecule has 0 aromatic rings. The van der Waals surface area contributed by atoms with Crippen molar-refractivity contribution in [3.05, 3.63) is 36.0 Å². The SMILES string of the molecule is CCC(OC(C)=O)C(C)C1OC1CC(C)(O)/C=C/C=C(\C)C1OC(=O)CC(OC(C)=O)CCC(C)(O)C(OC(C)=O)/C=C\C1C. The van der Waals surface area contributed by atoms with Gasteiger partial charge in [-0.1, -0.05) is 45.1 Å². The highest BCUT2D eigenvalue weighted by Crippen LogP contribution is 2.38. The molecule has 0 aromatic heterocycles. The number of ether oxygens (including phenoxy) is 5. The lowest BCUT2D eigenvalue weighted by Crippen LogP contribution is -2.42. The van der Waals surface area contributed by atoms with Crippen LogP contribution in [-0.2, 0) is 42.9 Å². The molecule has 0 saturated carbocycles. The van der Waals surface area contributed by atoms with Crippen LogP contribution in [0, 0.1) is 11.8 Å². The van der Waals surface area contributed by atoms with E-state index in [1.807, 2.05) is 20.8 Å². The Morgan fingerprint density at radius 2 is 1.78 bits per heavy atom. The molecule has 2 heterocycles. The molecule has 2 N–H and O–H groups in total. The maximum absolute atomic E-state index is 13.0. The molecule has 1 fully saturated rings. The highest BCUT2D eigenvalue weighted by molar-refractivity contribution is 5.72. The number of hydrogen-bond donors (Lipinski definition) is 2. The fraction of sp³-hybridized carbons (Fsp3) is 0.706. The average Bonchev–Trinajstić information content (AvgIpc) is 3.67. The minimum absolute atomic E-state index is 0.0132. The van der Waals surface area contributed by atoms with E-state index < -0.39 is 53.3 Å². The summed E-state index contributed by atoms with van der Waals surface area (Å²) in [6, 6.07) is 0. The van der Waals surface area contributed by atoms with Crippen LogP contribution in [0.1, 0.15) is 94.4 Å². The van der Waals surface area contributed by atoms with Crippen LogP contribution in [0.3, 0.4) is 0 Å². The van der Waals surface area contributed by atoms with Crippen molar-refractivity contribution in [1.82, 2.24) is 0 Å². The van der Waals surface area contributed by atoms with E-state index in [9.17, 15) is 29.4 Å². The highest BCUT2D eigenvalue weighted by Gasteiger charge is 2.48. The molecular formula is C34H52O11. The largest absolute Gasteiger partial charge is 0.462 e. The van der Waals surface area contributed by atoms with Crippen molar-refractivity contribution >= 4 is 23.9 Å². The molecule has 0 spiro atoms. The third-order valence-electron chi connectivity index (χ3n) is 8.25. The molecule has 0 radical (unpaired) electrons. The van der Waals surface area contributed by atoms with Gasteiger partial charge >= 0.3 is 23.9 Å². The molecule has 11 heteroatoms. The number of epoxide rings is 1. The average molecular weight is 637 g/mol. The predicted octanol–water partition coefficient (Wildman–Crippen LogP) is 4.28. The van der Waals surface area contributed by atoms with Gasteiger partial charge < -0.3 is 33.9 Å². The minimum atomic E-state index is -1.49. The van der Waals surface area contributed by atoms with Crippen molar-refractivity contribution in [2.24, 2.45) is 11.8 Å². The number of allylic oxidation sites excluding steroid dienone is 2. The summed E-state index contributed by atoms with van der Waals surface area (Å²) in [6.45, 7) is 14.6. The molecular weight excluding hydrogens is 584 g/mol. The summed E-state index contributed by atoms with van der Waals surface area (Å²) in [7, 11) is 0. The maximum Gasteiger partial charge on any atom is 0.310 e. The number of esters is 4. The summed E-state index contributed by atoms with van der Waals surface area (Å²) in [6.07, 6.45) is 6.31. The van der Waals surface area contributed by atoms with E-state index >= 15 is 0 Å². The zero-order valence-electron chi connectivity index (χ0n) is 28.1. The summed E-state index contributed by atoms with van der Waals surface area (Å²) in [5.41, 5.74) is -2.02. The summed E-state index contributed by atoms with van der Waals surface area (Å²) < 4.78 is 27.8. The van der Waals surface area contributed by atoms with Gasteiger partial charge in [0.2, 0.25) is 0 Å². The Labute approximate surface area is 267 Å². The van der Waals surface area contributed by atoms with E-state index in [1.54, 1.807) is 44.2 Å². The van der Waals surface area contributed by atoms with Crippen molar-refractivity contribution in [2.75, 3.05) is 0 Å². The second-order valence-corrected chi connectivity index (χ2v) is 12.9. The van der Waals surface area contributed by atoms with Crippen molar-refractivity contribution < 1.29 is 53.1 Å². The standard InChI is InChI=1S/C34H52O11/c1-10-27(42-24(6)36)22(4)32-28(44-32)19-33(8,39)16-11-12-20(2)31-21(3)13-14-29(43-25(7)37)34(9,40)17-15-26(41-23(5)35)18-30(38)45-31/h11-14,16,21-22,26-29,31-32,39-40H,10,15,17-19H2,1-9H3/b14-13-,16-11+,20-12+. The normalized spacial score (nSPS) is 33.0. The van der Waals surface area contributed by atoms with E-state index in [4.69, 9.17) is 23.7 Å². The molecule has 0 amide bonds. The number of aliphatic hydroxyl groups is 2. The molecule has 45 heavy (non-hydrogen) atoms. The van der Waals surface area contributed by atoms with Crippen LogP contribution in [0.25, 0.3) is 0 Å². The first kappa shape index (κ1) is 38.2. The Morgan fingerprint density at radius 3 is 2.36 bits per heavy atom. The van der Waals surface area contributed by atoms with Crippen LogP contribution in [0.2, 0.25) is 0 Å². The fourth-order valence-electron chi connectivity index (χ4n) is 5.70. The van der Waals surface area contributed by atoms with E-state index in [0.29, 0.717) is 18.4 Å². The third kappa shape index (κ3) is 12.7. The third-order valence-corrected chi connectivity index (χ3v) is 8.25. The summed E-state index contributed by atoms with van der Waals surface area (Å²) >= 11 is 0. The van der Waals surface area contributed by atoms with E-state index in [0.717, 1.165) is 0 Å². The Kier molecular flexibility index (Phi) is 14.0. The fourth-order valence-corrected chi connectivity index (χ4v) is 5.70. The van der Waals surface area contributed by atoms with Gasteiger partial charge in [-0.15, -0.1) is 0 Å². The lowest BCUT2D eigenvalue weighted by atomic mass is 9.88.